The van der Waals surface area contributed by atoms with E-state index >= 15 is 0 Å². The van der Waals surface area contributed by atoms with E-state index < -0.39 is 0 Å². The van der Waals surface area contributed by atoms with Gasteiger partial charge in [0, 0.05) is 0 Å². The molecule has 0 amide bonds. The molecule has 1 aromatic carbocycles. The molecule has 12 heavy (non-hydrogen) atoms. The summed E-state index contributed by atoms with van der Waals surface area (Å²) in [4.78, 5) is 0. The van der Waals surface area contributed by atoms with Crippen molar-refractivity contribution in [3.63, 3.8) is 0 Å². The number of allylic oxidation sites excluding steroid dienone is 2. The van der Waals surface area contributed by atoms with Crippen LogP contribution in [0.3, 0.4) is 0 Å². The van der Waals surface area contributed by atoms with Gasteiger partial charge in [-0.1, -0.05) is 24.3 Å². The molecule has 0 aliphatic rings. The molecule has 0 heteroatoms. The van der Waals surface area contributed by atoms with Gasteiger partial charge in [0.2, 0.25) is 0 Å². The third kappa shape index (κ3) is 1.58. The predicted octanol–water partition coefficient (Wildman–Crippen LogP) is 3.73. The van der Waals surface area contributed by atoms with Crippen LogP contribution in [0.25, 0.3) is 5.57 Å². The van der Waals surface area contributed by atoms with Gasteiger partial charge in [-0.15, -0.1) is 0 Å². The highest BCUT2D eigenvalue weighted by Gasteiger charge is 2.01. The second-order valence-electron chi connectivity index (χ2n) is 3.24. The van der Waals surface area contributed by atoms with Crippen molar-refractivity contribution in [3.05, 3.63) is 41.0 Å². The van der Waals surface area contributed by atoms with Gasteiger partial charge in [-0.25, -0.2) is 0 Å². The van der Waals surface area contributed by atoms with Crippen molar-refractivity contribution in [1.29, 1.82) is 0 Å². The highest BCUT2D eigenvalue weighted by molar-refractivity contribution is 5.68. The fourth-order valence-corrected chi connectivity index (χ4v) is 1.58. The van der Waals surface area contributed by atoms with Crippen LogP contribution in [0, 0.1) is 13.8 Å². The molecule has 0 radical (unpaired) electrons. The van der Waals surface area contributed by atoms with E-state index in [4.69, 9.17) is 0 Å². The molecule has 0 saturated heterocycles. The first-order valence-corrected chi connectivity index (χ1v) is 4.36. The van der Waals surface area contributed by atoms with Gasteiger partial charge in [0.15, 0.2) is 0 Å². The molecule has 0 unspecified atom stereocenters. The largest absolute Gasteiger partial charge is 0.0841 e. The van der Waals surface area contributed by atoms with Crippen LogP contribution >= 0.6 is 0 Å². The van der Waals surface area contributed by atoms with Crippen LogP contribution in [0.1, 0.15) is 30.5 Å². The average molecular weight is 160 g/mol. The Hall–Kier alpha value is -1.04. The summed E-state index contributed by atoms with van der Waals surface area (Å²) in [5.41, 5.74) is 5.50. The Bertz CT molecular complexity index is 286. The molecular weight excluding hydrogens is 144 g/mol. The van der Waals surface area contributed by atoms with E-state index in [0.717, 1.165) is 0 Å². The first-order chi connectivity index (χ1) is 5.66. The van der Waals surface area contributed by atoms with E-state index in [1.807, 2.05) is 0 Å². The molecule has 0 spiro atoms. The fraction of sp³-hybridized carbons (Fsp3) is 0.333. The first-order valence-electron chi connectivity index (χ1n) is 4.36. The Morgan fingerprint density at radius 1 is 1.17 bits per heavy atom. The third-order valence-electron chi connectivity index (χ3n) is 2.31. The second kappa shape index (κ2) is 3.57. The lowest BCUT2D eigenvalue weighted by Crippen LogP contribution is -1.89. The first kappa shape index (κ1) is 9.05. The van der Waals surface area contributed by atoms with E-state index in [1.165, 1.54) is 22.3 Å². The van der Waals surface area contributed by atoms with Crippen LogP contribution in [-0.2, 0) is 0 Å². The maximum Gasteiger partial charge on any atom is -0.0172 e. The van der Waals surface area contributed by atoms with Crippen molar-refractivity contribution in [2.75, 3.05) is 0 Å². The van der Waals surface area contributed by atoms with Gasteiger partial charge >= 0.3 is 0 Å². The van der Waals surface area contributed by atoms with Crippen LogP contribution in [0.4, 0.5) is 0 Å². The van der Waals surface area contributed by atoms with E-state index in [0.29, 0.717) is 0 Å². The van der Waals surface area contributed by atoms with Gasteiger partial charge in [-0.2, -0.15) is 0 Å². The molecule has 1 aromatic rings. The summed E-state index contributed by atoms with van der Waals surface area (Å²) in [5.74, 6) is 0. The monoisotopic (exact) mass is 160 g/mol. The average Bonchev–Trinajstić information content (AvgIpc) is 2.03. The van der Waals surface area contributed by atoms with Crippen LogP contribution in [0.5, 0.6) is 0 Å². The minimum Gasteiger partial charge on any atom is -0.0841 e. The minimum atomic E-state index is 1.37. The molecular formula is C12H16. The van der Waals surface area contributed by atoms with Gasteiger partial charge in [-0.05, 0) is 50.0 Å². The predicted molar refractivity (Wildman–Crippen MR) is 55.2 cm³/mol. The topological polar surface area (TPSA) is 0 Å². The molecule has 0 fully saturated rings. The maximum absolute atomic E-state index is 2.16. The standard InChI is InChI=1S/C12H16/c1-5-9(2)12-10(3)7-6-8-11(12)4/h5-8H,1-4H3/b9-5-. The van der Waals surface area contributed by atoms with Crippen molar-refractivity contribution < 1.29 is 0 Å². The maximum atomic E-state index is 2.16. The molecule has 0 heterocycles. The normalized spacial score (nSPS) is 11.8. The van der Waals surface area contributed by atoms with E-state index in [9.17, 15) is 0 Å². The lowest BCUT2D eigenvalue weighted by atomic mass is 9.97. The molecule has 0 N–H and O–H groups in total. The van der Waals surface area contributed by atoms with Crippen LogP contribution in [0.15, 0.2) is 24.3 Å². The minimum absolute atomic E-state index is 1.37. The molecule has 0 bridgehead atoms. The smallest absolute Gasteiger partial charge is 0.0172 e. The Kier molecular flexibility index (Phi) is 2.69. The second-order valence-corrected chi connectivity index (χ2v) is 3.24. The summed E-state index contributed by atoms with van der Waals surface area (Å²) in [7, 11) is 0. The molecule has 64 valence electrons. The zero-order chi connectivity index (χ0) is 9.14. The molecule has 0 atom stereocenters. The van der Waals surface area contributed by atoms with Crippen molar-refractivity contribution in [2.24, 2.45) is 0 Å². The number of benzene rings is 1. The van der Waals surface area contributed by atoms with Gasteiger partial charge in [-0.3, -0.25) is 0 Å². The molecule has 0 aliphatic heterocycles. The Morgan fingerprint density at radius 2 is 1.67 bits per heavy atom. The molecule has 0 nitrogen and oxygen atoms in total. The van der Waals surface area contributed by atoms with Gasteiger partial charge < -0.3 is 0 Å². The van der Waals surface area contributed by atoms with Crippen molar-refractivity contribution in [2.45, 2.75) is 27.7 Å². The number of aryl methyl sites for hydroxylation is 2. The Balaban J connectivity index is 3.31. The van der Waals surface area contributed by atoms with Crippen molar-refractivity contribution in [3.8, 4) is 0 Å². The highest BCUT2D eigenvalue weighted by atomic mass is 14.1. The summed E-state index contributed by atoms with van der Waals surface area (Å²) in [6.45, 7) is 8.57. The number of hydrogen-bond donors (Lipinski definition) is 0. The zero-order valence-corrected chi connectivity index (χ0v) is 8.31. The van der Waals surface area contributed by atoms with Crippen molar-refractivity contribution in [1.82, 2.24) is 0 Å². The SMILES string of the molecule is C/C=C(/C)c1c(C)cccc1C. The Morgan fingerprint density at radius 3 is 2.08 bits per heavy atom. The van der Waals surface area contributed by atoms with Crippen LogP contribution in [-0.4, -0.2) is 0 Å². The van der Waals surface area contributed by atoms with Crippen molar-refractivity contribution >= 4 is 5.57 Å². The summed E-state index contributed by atoms with van der Waals surface area (Å²) in [5, 5.41) is 0. The lowest BCUT2D eigenvalue weighted by molar-refractivity contribution is 1.32. The van der Waals surface area contributed by atoms with Crippen LogP contribution < -0.4 is 0 Å². The van der Waals surface area contributed by atoms with E-state index in [-0.39, 0.29) is 0 Å². The lowest BCUT2D eigenvalue weighted by Gasteiger charge is -2.08. The summed E-state index contributed by atoms with van der Waals surface area (Å²) in [6, 6.07) is 6.43. The molecule has 0 aliphatic carbocycles. The fourth-order valence-electron chi connectivity index (χ4n) is 1.58. The molecule has 0 aromatic heterocycles. The third-order valence-corrected chi connectivity index (χ3v) is 2.31. The molecule has 0 saturated carbocycles. The number of hydrogen-bond acceptors (Lipinski definition) is 0. The van der Waals surface area contributed by atoms with Crippen LogP contribution in [0.2, 0.25) is 0 Å². The van der Waals surface area contributed by atoms with E-state index in [1.54, 1.807) is 0 Å². The summed E-state index contributed by atoms with van der Waals surface area (Å²) in [6.07, 6.45) is 2.16. The summed E-state index contributed by atoms with van der Waals surface area (Å²) < 4.78 is 0. The number of rotatable bonds is 1. The van der Waals surface area contributed by atoms with E-state index in [2.05, 4.69) is 52.0 Å². The van der Waals surface area contributed by atoms with Gasteiger partial charge in [0.1, 0.15) is 0 Å². The summed E-state index contributed by atoms with van der Waals surface area (Å²) >= 11 is 0. The van der Waals surface area contributed by atoms with Gasteiger partial charge in [0.05, 0.1) is 0 Å². The molecule has 1 rings (SSSR count). The van der Waals surface area contributed by atoms with Gasteiger partial charge in [0.25, 0.3) is 0 Å². The Labute approximate surface area is 74.9 Å². The highest BCUT2D eigenvalue weighted by Crippen LogP contribution is 2.21. The quantitative estimate of drug-likeness (QED) is 0.587. The zero-order valence-electron chi connectivity index (χ0n) is 8.31.